The predicted octanol–water partition coefficient (Wildman–Crippen LogP) is 3.13. The summed E-state index contributed by atoms with van der Waals surface area (Å²) in [6, 6.07) is 16.6. The molecule has 3 atom stereocenters. The molecular weight excluding hydrogens is 316 g/mol. The number of hydrogen-bond acceptors (Lipinski definition) is 4. The minimum atomic E-state index is -0.818. The largest absolute Gasteiger partial charge is 0.425 e. The summed E-state index contributed by atoms with van der Waals surface area (Å²) >= 11 is 0. The molecule has 25 heavy (non-hydrogen) atoms. The molecule has 0 aromatic heterocycles. The van der Waals surface area contributed by atoms with E-state index in [0.29, 0.717) is 0 Å². The van der Waals surface area contributed by atoms with Gasteiger partial charge >= 0.3 is 11.9 Å². The third-order valence-electron chi connectivity index (χ3n) is 6.19. The van der Waals surface area contributed by atoms with Gasteiger partial charge in [-0.05, 0) is 22.3 Å². The van der Waals surface area contributed by atoms with Crippen molar-refractivity contribution >= 4 is 11.9 Å². The smallest absolute Gasteiger partial charge is 0.313 e. The van der Waals surface area contributed by atoms with Crippen LogP contribution in [0.4, 0.5) is 0 Å². The molecule has 1 heterocycles. The normalized spacial score (nSPS) is 33.9. The van der Waals surface area contributed by atoms with Crippen LogP contribution in [0.5, 0.6) is 0 Å². The number of benzene rings is 2. The van der Waals surface area contributed by atoms with E-state index in [2.05, 4.69) is 31.2 Å². The van der Waals surface area contributed by atoms with E-state index >= 15 is 0 Å². The zero-order valence-electron chi connectivity index (χ0n) is 14.1. The summed E-state index contributed by atoms with van der Waals surface area (Å²) in [6.07, 6.45) is -0.818. The highest BCUT2D eigenvalue weighted by atomic mass is 16.7. The van der Waals surface area contributed by atoms with Crippen LogP contribution in [0.2, 0.25) is 0 Å². The van der Waals surface area contributed by atoms with Gasteiger partial charge in [0.15, 0.2) is 0 Å². The van der Waals surface area contributed by atoms with E-state index in [4.69, 9.17) is 9.47 Å². The summed E-state index contributed by atoms with van der Waals surface area (Å²) in [5, 5.41) is 0. The molecule has 1 fully saturated rings. The van der Waals surface area contributed by atoms with Gasteiger partial charge in [-0.1, -0.05) is 55.5 Å². The Morgan fingerprint density at radius 2 is 1.60 bits per heavy atom. The average molecular weight is 334 g/mol. The molecule has 0 unspecified atom stereocenters. The van der Waals surface area contributed by atoms with Gasteiger partial charge in [0.2, 0.25) is 0 Å². The fourth-order valence-electron chi connectivity index (χ4n) is 5.36. The van der Waals surface area contributed by atoms with Gasteiger partial charge in [-0.15, -0.1) is 0 Å². The molecule has 1 saturated heterocycles. The first-order chi connectivity index (χ1) is 12.0. The Morgan fingerprint density at radius 1 is 1.04 bits per heavy atom. The molecule has 3 aliphatic carbocycles. The maximum Gasteiger partial charge on any atom is 0.313 e. The van der Waals surface area contributed by atoms with Crippen molar-refractivity contribution in [1.82, 2.24) is 0 Å². The summed E-state index contributed by atoms with van der Waals surface area (Å²) in [4.78, 5) is 24.3. The summed E-state index contributed by atoms with van der Waals surface area (Å²) in [7, 11) is 0. The molecule has 0 saturated carbocycles. The van der Waals surface area contributed by atoms with Crippen molar-refractivity contribution in [2.45, 2.75) is 31.5 Å². The third kappa shape index (κ3) is 1.67. The molecule has 0 radical (unpaired) electrons. The monoisotopic (exact) mass is 334 g/mol. The van der Waals surface area contributed by atoms with Crippen molar-refractivity contribution < 1.29 is 19.1 Å². The zero-order valence-corrected chi connectivity index (χ0v) is 14.1. The Morgan fingerprint density at radius 3 is 2.16 bits per heavy atom. The number of hydrogen-bond donors (Lipinski definition) is 0. The molecule has 1 aliphatic heterocycles. The molecule has 2 aromatic carbocycles. The third-order valence-corrected chi connectivity index (χ3v) is 6.19. The molecule has 6 rings (SSSR count). The van der Waals surface area contributed by atoms with E-state index in [1.807, 2.05) is 24.3 Å². The van der Waals surface area contributed by atoms with E-state index < -0.39 is 17.7 Å². The molecule has 0 spiro atoms. The van der Waals surface area contributed by atoms with Crippen LogP contribution in [-0.4, -0.2) is 18.2 Å². The Balaban J connectivity index is 1.81. The standard InChI is InChI=1S/C21H18O4/c1-11(22)24-20-17-16-12-7-3-5-9-14(12)21(2,18(17)19(23)25-20)15-10-6-4-8-13(15)16/h3-10,16-18,20H,1-2H3/t16?,17-,18-,20+,21?/m1/s1. The minimum Gasteiger partial charge on any atom is -0.425 e. The second-order valence-electron chi connectivity index (χ2n) is 7.32. The first-order valence-electron chi connectivity index (χ1n) is 8.60. The first kappa shape index (κ1) is 14.7. The topological polar surface area (TPSA) is 52.6 Å². The van der Waals surface area contributed by atoms with E-state index in [1.165, 1.54) is 29.2 Å². The van der Waals surface area contributed by atoms with Crippen LogP contribution in [0.15, 0.2) is 48.5 Å². The number of ether oxygens (including phenoxy) is 2. The lowest BCUT2D eigenvalue weighted by molar-refractivity contribution is -0.180. The van der Waals surface area contributed by atoms with Gasteiger partial charge in [0.1, 0.15) is 0 Å². The highest BCUT2D eigenvalue weighted by molar-refractivity contribution is 5.83. The number of rotatable bonds is 1. The molecule has 2 bridgehead atoms. The summed E-state index contributed by atoms with van der Waals surface area (Å²) in [5.74, 6) is -1.23. The lowest BCUT2D eigenvalue weighted by atomic mass is 9.48. The van der Waals surface area contributed by atoms with Gasteiger partial charge in [-0.2, -0.15) is 0 Å². The van der Waals surface area contributed by atoms with Crippen molar-refractivity contribution in [3.05, 3.63) is 70.8 Å². The lowest BCUT2D eigenvalue weighted by Crippen LogP contribution is -2.52. The molecule has 126 valence electrons. The number of cyclic esters (lactones) is 1. The van der Waals surface area contributed by atoms with Gasteiger partial charge in [0.05, 0.1) is 11.8 Å². The predicted molar refractivity (Wildman–Crippen MR) is 89.8 cm³/mol. The maximum atomic E-state index is 12.8. The van der Waals surface area contributed by atoms with Gasteiger partial charge < -0.3 is 9.47 Å². The van der Waals surface area contributed by atoms with Crippen LogP contribution in [0.3, 0.4) is 0 Å². The van der Waals surface area contributed by atoms with Crippen molar-refractivity contribution in [2.24, 2.45) is 11.8 Å². The molecule has 4 aliphatic rings. The Kier molecular flexibility index (Phi) is 2.77. The summed E-state index contributed by atoms with van der Waals surface area (Å²) in [6.45, 7) is 3.47. The number of carbonyl (C=O) groups is 2. The van der Waals surface area contributed by atoms with Crippen LogP contribution >= 0.6 is 0 Å². The average Bonchev–Trinajstić information content (AvgIpc) is 2.92. The zero-order chi connectivity index (χ0) is 17.3. The fourth-order valence-corrected chi connectivity index (χ4v) is 5.36. The Bertz CT molecular complexity index is 868. The second-order valence-corrected chi connectivity index (χ2v) is 7.32. The molecule has 2 aromatic rings. The van der Waals surface area contributed by atoms with Gasteiger partial charge in [-0.25, -0.2) is 0 Å². The quantitative estimate of drug-likeness (QED) is 0.752. The van der Waals surface area contributed by atoms with Crippen LogP contribution in [-0.2, 0) is 24.5 Å². The molecule has 0 N–H and O–H groups in total. The first-order valence-corrected chi connectivity index (χ1v) is 8.60. The summed E-state index contributed by atoms with van der Waals surface area (Å²) < 4.78 is 10.9. The van der Waals surface area contributed by atoms with Crippen molar-refractivity contribution in [3.8, 4) is 0 Å². The van der Waals surface area contributed by atoms with Crippen LogP contribution < -0.4 is 0 Å². The van der Waals surface area contributed by atoms with E-state index in [0.717, 1.165) is 0 Å². The van der Waals surface area contributed by atoms with E-state index in [1.54, 1.807) is 0 Å². The van der Waals surface area contributed by atoms with Gasteiger partial charge in [0.25, 0.3) is 6.29 Å². The molecule has 0 amide bonds. The van der Waals surface area contributed by atoms with Crippen molar-refractivity contribution in [1.29, 1.82) is 0 Å². The van der Waals surface area contributed by atoms with E-state index in [-0.39, 0.29) is 23.7 Å². The second kappa shape index (κ2) is 4.72. The maximum absolute atomic E-state index is 12.8. The minimum absolute atomic E-state index is 0.00461. The van der Waals surface area contributed by atoms with Crippen LogP contribution in [0.1, 0.15) is 42.0 Å². The Hall–Kier alpha value is -2.62. The number of carbonyl (C=O) groups excluding carboxylic acids is 2. The van der Waals surface area contributed by atoms with Gasteiger partial charge in [-0.3, -0.25) is 9.59 Å². The van der Waals surface area contributed by atoms with Gasteiger partial charge in [0, 0.05) is 18.3 Å². The van der Waals surface area contributed by atoms with Crippen LogP contribution in [0.25, 0.3) is 0 Å². The highest BCUT2D eigenvalue weighted by Crippen LogP contribution is 2.64. The molecule has 4 heteroatoms. The van der Waals surface area contributed by atoms with E-state index in [9.17, 15) is 9.59 Å². The van der Waals surface area contributed by atoms with Crippen molar-refractivity contribution in [2.75, 3.05) is 0 Å². The highest BCUT2D eigenvalue weighted by Gasteiger charge is 2.66. The van der Waals surface area contributed by atoms with Crippen LogP contribution in [0, 0.1) is 11.8 Å². The Labute approximate surface area is 145 Å². The number of esters is 2. The molecule has 4 nitrogen and oxygen atoms in total. The lowest BCUT2D eigenvalue weighted by Gasteiger charge is -2.53. The SMILES string of the molecule is CC(=O)O[C@H]1OC(=O)[C@H]2[C@H]1C1c3ccccc3C2(C)c2ccccc21. The van der Waals surface area contributed by atoms with Crippen molar-refractivity contribution in [3.63, 3.8) is 0 Å². The summed E-state index contributed by atoms with van der Waals surface area (Å²) in [5.41, 5.74) is 4.31. The fraction of sp³-hybridized carbons (Fsp3) is 0.333. The molecular formula is C21H18O4.